The first kappa shape index (κ1) is 17.5. The van der Waals surface area contributed by atoms with Gasteiger partial charge in [0.25, 0.3) is 0 Å². The summed E-state index contributed by atoms with van der Waals surface area (Å²) in [5.74, 6) is 0.722. The maximum absolute atomic E-state index is 5.32. The zero-order chi connectivity index (χ0) is 20.8. The van der Waals surface area contributed by atoms with E-state index < -0.39 is 0 Å². The highest BCUT2D eigenvalue weighted by atomic mass is 16.5. The molecule has 0 saturated heterocycles. The summed E-state index contributed by atoms with van der Waals surface area (Å²) in [5, 5.41) is 9.80. The molecule has 0 bridgehead atoms. The van der Waals surface area contributed by atoms with Gasteiger partial charge in [-0.2, -0.15) is 5.10 Å². The first-order valence-corrected chi connectivity index (χ1v) is 9.77. The molecule has 1 aromatic carbocycles. The SMILES string of the molecule is COc1cncc(-c2ccc3[nH]nc(-c4cc5c(-c6ccoc6)cncc5[nH]4)c3c2)c1. The van der Waals surface area contributed by atoms with Gasteiger partial charge in [0.2, 0.25) is 0 Å². The molecule has 0 aliphatic carbocycles. The number of H-pyrrole nitrogens is 2. The normalized spacial score (nSPS) is 11.4. The number of nitrogens with one attached hydrogen (secondary N) is 2. The van der Waals surface area contributed by atoms with Gasteiger partial charge in [0.05, 0.1) is 48.8 Å². The molecule has 0 amide bonds. The fraction of sp³-hybridized carbons (Fsp3) is 0.0417. The first-order chi connectivity index (χ1) is 15.3. The quantitative estimate of drug-likeness (QED) is 0.406. The van der Waals surface area contributed by atoms with E-state index in [0.29, 0.717) is 0 Å². The van der Waals surface area contributed by atoms with Crippen LogP contribution in [0.3, 0.4) is 0 Å². The van der Waals surface area contributed by atoms with Gasteiger partial charge < -0.3 is 14.1 Å². The van der Waals surface area contributed by atoms with Gasteiger partial charge in [-0.05, 0) is 35.9 Å². The number of benzene rings is 1. The van der Waals surface area contributed by atoms with Crippen molar-refractivity contribution in [3.05, 3.63) is 73.7 Å². The predicted molar refractivity (Wildman–Crippen MR) is 119 cm³/mol. The number of methoxy groups -OCH3 is 1. The number of rotatable bonds is 4. The van der Waals surface area contributed by atoms with Gasteiger partial charge in [0.15, 0.2) is 0 Å². The van der Waals surface area contributed by atoms with Crippen LogP contribution in [0.5, 0.6) is 5.75 Å². The topological polar surface area (TPSA) is 92.6 Å². The summed E-state index contributed by atoms with van der Waals surface area (Å²) in [6, 6.07) is 12.2. The van der Waals surface area contributed by atoms with Gasteiger partial charge in [-0.15, -0.1) is 0 Å². The monoisotopic (exact) mass is 407 g/mol. The second-order valence-electron chi connectivity index (χ2n) is 7.29. The van der Waals surface area contributed by atoms with E-state index in [2.05, 4.69) is 37.3 Å². The van der Waals surface area contributed by atoms with E-state index in [0.717, 1.165) is 61.2 Å². The third-order valence-electron chi connectivity index (χ3n) is 5.48. The van der Waals surface area contributed by atoms with Crippen molar-refractivity contribution in [1.29, 1.82) is 0 Å². The summed E-state index contributed by atoms with van der Waals surface area (Å²) < 4.78 is 10.6. The van der Waals surface area contributed by atoms with Gasteiger partial charge >= 0.3 is 0 Å². The third kappa shape index (κ3) is 2.86. The van der Waals surface area contributed by atoms with Crippen LogP contribution >= 0.6 is 0 Å². The molecule has 0 atom stereocenters. The van der Waals surface area contributed by atoms with Crippen molar-refractivity contribution >= 4 is 21.8 Å². The fourth-order valence-corrected chi connectivity index (χ4v) is 3.91. The lowest BCUT2D eigenvalue weighted by molar-refractivity contribution is 0.413. The molecule has 0 saturated carbocycles. The standard InChI is InChI=1S/C24H17N5O2/c1-30-17-6-16(9-25-10-17)14-2-3-21-19(7-14)24(29-28-21)22-8-18-20(15-4-5-31-13-15)11-26-12-23(18)27-22/h2-13,27H,1H3,(H,28,29). The van der Waals surface area contributed by atoms with E-state index in [1.807, 2.05) is 42.9 Å². The van der Waals surface area contributed by atoms with Gasteiger partial charge in [-0.1, -0.05) is 6.07 Å². The van der Waals surface area contributed by atoms with Crippen molar-refractivity contribution in [2.45, 2.75) is 0 Å². The van der Waals surface area contributed by atoms with Crippen LogP contribution < -0.4 is 4.74 Å². The van der Waals surface area contributed by atoms with Crippen LogP contribution in [0.25, 0.3) is 55.4 Å². The molecule has 0 aliphatic heterocycles. The van der Waals surface area contributed by atoms with Crippen LogP contribution in [0.4, 0.5) is 0 Å². The van der Waals surface area contributed by atoms with Crippen LogP contribution in [0, 0.1) is 0 Å². The second kappa shape index (κ2) is 6.84. The number of furan rings is 1. The van der Waals surface area contributed by atoms with Crippen molar-refractivity contribution in [3.63, 3.8) is 0 Å². The number of aromatic amines is 2. The Kier molecular flexibility index (Phi) is 3.86. The Morgan fingerprint density at radius 1 is 0.839 bits per heavy atom. The molecule has 5 heterocycles. The Bertz CT molecular complexity index is 1530. The molecule has 5 aromatic heterocycles. The van der Waals surface area contributed by atoms with Crippen molar-refractivity contribution in [2.24, 2.45) is 0 Å². The Balaban J connectivity index is 1.50. The molecule has 0 fully saturated rings. The van der Waals surface area contributed by atoms with Crippen molar-refractivity contribution in [1.82, 2.24) is 25.1 Å². The molecule has 31 heavy (non-hydrogen) atoms. The molecule has 6 rings (SSSR count). The summed E-state index contributed by atoms with van der Waals surface area (Å²) in [4.78, 5) is 12.1. The molecular weight excluding hydrogens is 390 g/mol. The molecule has 150 valence electrons. The summed E-state index contributed by atoms with van der Waals surface area (Å²) in [6.45, 7) is 0. The van der Waals surface area contributed by atoms with E-state index in [1.54, 1.807) is 25.8 Å². The van der Waals surface area contributed by atoms with E-state index in [1.165, 1.54) is 0 Å². The smallest absolute Gasteiger partial charge is 0.137 e. The summed E-state index contributed by atoms with van der Waals surface area (Å²) >= 11 is 0. The summed E-state index contributed by atoms with van der Waals surface area (Å²) in [5.41, 5.74) is 7.69. The molecule has 0 spiro atoms. The predicted octanol–water partition coefficient (Wildman–Crippen LogP) is 5.44. The highest BCUT2D eigenvalue weighted by molar-refractivity contribution is 6.01. The highest BCUT2D eigenvalue weighted by Crippen LogP contribution is 2.35. The lowest BCUT2D eigenvalue weighted by Gasteiger charge is -2.04. The largest absolute Gasteiger partial charge is 0.495 e. The molecule has 6 aromatic rings. The van der Waals surface area contributed by atoms with Crippen LogP contribution in [0.2, 0.25) is 0 Å². The average Bonchev–Trinajstić information content (AvgIpc) is 3.57. The van der Waals surface area contributed by atoms with Crippen LogP contribution in [-0.4, -0.2) is 32.3 Å². The maximum atomic E-state index is 5.32. The van der Waals surface area contributed by atoms with E-state index in [-0.39, 0.29) is 0 Å². The lowest BCUT2D eigenvalue weighted by atomic mass is 10.0. The van der Waals surface area contributed by atoms with Crippen molar-refractivity contribution in [3.8, 4) is 39.4 Å². The zero-order valence-electron chi connectivity index (χ0n) is 16.6. The number of hydrogen-bond acceptors (Lipinski definition) is 5. The number of nitrogens with zero attached hydrogens (tertiary/aromatic N) is 3. The minimum atomic E-state index is 0.722. The molecule has 0 radical (unpaired) electrons. The molecule has 7 nitrogen and oxygen atoms in total. The first-order valence-electron chi connectivity index (χ1n) is 9.77. The minimum absolute atomic E-state index is 0.722. The fourth-order valence-electron chi connectivity index (χ4n) is 3.91. The molecule has 2 N–H and O–H groups in total. The van der Waals surface area contributed by atoms with Gasteiger partial charge in [0, 0.05) is 39.9 Å². The Labute approximate surface area is 176 Å². The Morgan fingerprint density at radius 2 is 1.77 bits per heavy atom. The number of hydrogen-bond donors (Lipinski definition) is 2. The van der Waals surface area contributed by atoms with Crippen molar-refractivity contribution in [2.75, 3.05) is 7.11 Å². The van der Waals surface area contributed by atoms with E-state index >= 15 is 0 Å². The molecule has 0 aliphatic rings. The molecular formula is C24H17N5O2. The van der Waals surface area contributed by atoms with Gasteiger partial charge in [0.1, 0.15) is 11.4 Å². The number of ether oxygens (including phenoxy) is 1. The van der Waals surface area contributed by atoms with E-state index in [9.17, 15) is 0 Å². The van der Waals surface area contributed by atoms with Gasteiger partial charge in [-0.25, -0.2) is 0 Å². The summed E-state index contributed by atoms with van der Waals surface area (Å²) in [6.07, 6.45) is 10.6. The molecule has 7 heteroatoms. The van der Waals surface area contributed by atoms with Gasteiger partial charge in [-0.3, -0.25) is 15.1 Å². The lowest BCUT2D eigenvalue weighted by Crippen LogP contribution is -1.86. The number of pyridine rings is 2. The summed E-state index contributed by atoms with van der Waals surface area (Å²) in [7, 11) is 1.64. The van der Waals surface area contributed by atoms with Crippen molar-refractivity contribution < 1.29 is 9.15 Å². The number of aromatic nitrogens is 5. The Hall–Kier alpha value is -4.39. The zero-order valence-corrected chi connectivity index (χ0v) is 16.6. The molecule has 0 unspecified atom stereocenters. The number of fused-ring (bicyclic) bond motifs is 2. The van der Waals surface area contributed by atoms with Crippen LogP contribution in [0.15, 0.2) is 78.1 Å². The minimum Gasteiger partial charge on any atom is -0.495 e. The van der Waals surface area contributed by atoms with E-state index in [4.69, 9.17) is 9.15 Å². The van der Waals surface area contributed by atoms with Crippen LogP contribution in [-0.2, 0) is 0 Å². The second-order valence-corrected chi connectivity index (χ2v) is 7.29. The Morgan fingerprint density at radius 3 is 2.65 bits per heavy atom. The average molecular weight is 407 g/mol. The highest BCUT2D eigenvalue weighted by Gasteiger charge is 2.15. The maximum Gasteiger partial charge on any atom is 0.137 e. The third-order valence-corrected chi connectivity index (χ3v) is 5.48. The van der Waals surface area contributed by atoms with Crippen LogP contribution in [0.1, 0.15) is 0 Å².